The number of hydrogen-bond acceptors (Lipinski definition) is 6. The van der Waals surface area contributed by atoms with Crippen molar-refractivity contribution < 1.29 is 9.53 Å². The normalized spacial score (nSPS) is 10.9. The Labute approximate surface area is 173 Å². The molecule has 30 heavy (non-hydrogen) atoms. The van der Waals surface area contributed by atoms with Gasteiger partial charge in [-0.3, -0.25) is 14.9 Å². The molecule has 0 saturated heterocycles. The van der Waals surface area contributed by atoms with Crippen LogP contribution >= 0.6 is 0 Å². The summed E-state index contributed by atoms with van der Waals surface area (Å²) in [5.41, 5.74) is 4.62. The molecule has 0 saturated carbocycles. The second-order valence-electron chi connectivity index (χ2n) is 6.83. The summed E-state index contributed by atoms with van der Waals surface area (Å²) >= 11 is 0. The van der Waals surface area contributed by atoms with E-state index in [0.29, 0.717) is 30.7 Å². The average Bonchev–Trinajstić information content (AvgIpc) is 3.27. The molecule has 1 amide bonds. The minimum Gasteiger partial charge on any atom is -0.493 e. The number of benzene rings is 1. The van der Waals surface area contributed by atoms with Crippen LogP contribution in [0, 0.1) is 6.92 Å². The molecule has 4 rings (SSSR count). The first-order chi connectivity index (χ1) is 14.6. The lowest BCUT2D eigenvalue weighted by Crippen LogP contribution is -2.25. The molecule has 0 atom stereocenters. The van der Waals surface area contributed by atoms with Crippen LogP contribution < -0.4 is 10.1 Å². The number of fused-ring (bicyclic) bond motifs is 1. The van der Waals surface area contributed by atoms with Crippen LogP contribution in [0.1, 0.15) is 28.7 Å². The summed E-state index contributed by atoms with van der Waals surface area (Å²) in [4.78, 5) is 21.7. The van der Waals surface area contributed by atoms with Crippen LogP contribution in [0.25, 0.3) is 22.2 Å². The van der Waals surface area contributed by atoms with Crippen molar-refractivity contribution in [2.75, 3.05) is 13.2 Å². The van der Waals surface area contributed by atoms with Crippen molar-refractivity contribution in [2.24, 2.45) is 0 Å². The molecule has 8 nitrogen and oxygen atoms in total. The quantitative estimate of drug-likeness (QED) is 0.492. The molecule has 4 aromatic rings. The van der Waals surface area contributed by atoms with E-state index in [1.165, 1.54) is 0 Å². The Morgan fingerprint density at radius 2 is 2.10 bits per heavy atom. The fourth-order valence-electron chi connectivity index (χ4n) is 3.13. The van der Waals surface area contributed by atoms with Gasteiger partial charge >= 0.3 is 0 Å². The number of ether oxygens (including phenoxy) is 1. The van der Waals surface area contributed by atoms with Crippen LogP contribution in [0.4, 0.5) is 0 Å². The fraction of sp³-hybridized carbons (Fsp3) is 0.227. The zero-order valence-electron chi connectivity index (χ0n) is 16.8. The van der Waals surface area contributed by atoms with Crippen LogP contribution in [-0.4, -0.2) is 44.4 Å². The summed E-state index contributed by atoms with van der Waals surface area (Å²) in [5.74, 6) is 0.568. The van der Waals surface area contributed by atoms with Gasteiger partial charge < -0.3 is 10.1 Å². The van der Waals surface area contributed by atoms with Crippen molar-refractivity contribution in [3.63, 3.8) is 0 Å². The van der Waals surface area contributed by atoms with E-state index in [1.807, 2.05) is 38.1 Å². The Kier molecular flexibility index (Phi) is 5.65. The van der Waals surface area contributed by atoms with Crippen molar-refractivity contribution in [3.05, 3.63) is 65.7 Å². The van der Waals surface area contributed by atoms with Crippen LogP contribution in [0.3, 0.4) is 0 Å². The summed E-state index contributed by atoms with van der Waals surface area (Å²) < 4.78 is 5.83. The largest absolute Gasteiger partial charge is 0.493 e. The highest BCUT2D eigenvalue weighted by Gasteiger charge is 2.12. The van der Waals surface area contributed by atoms with E-state index < -0.39 is 0 Å². The predicted octanol–water partition coefficient (Wildman–Crippen LogP) is 3.09. The number of aryl methyl sites for hydroxylation is 1. The van der Waals surface area contributed by atoms with E-state index in [4.69, 9.17) is 9.72 Å². The molecule has 8 heteroatoms. The van der Waals surface area contributed by atoms with E-state index in [9.17, 15) is 4.79 Å². The number of rotatable bonds is 7. The highest BCUT2D eigenvalue weighted by atomic mass is 16.5. The number of carbonyl (C=O) groups is 1. The molecule has 2 N–H and O–H groups in total. The first-order valence-corrected chi connectivity index (χ1v) is 9.78. The minimum absolute atomic E-state index is 0.164. The molecular weight excluding hydrogens is 380 g/mol. The molecule has 0 aliphatic carbocycles. The minimum atomic E-state index is -0.164. The lowest BCUT2D eigenvalue weighted by Gasteiger charge is -2.12. The van der Waals surface area contributed by atoms with Crippen LogP contribution in [0.5, 0.6) is 5.75 Å². The zero-order valence-corrected chi connectivity index (χ0v) is 16.8. The third-order valence-corrected chi connectivity index (χ3v) is 4.68. The number of nitrogens with zero attached hydrogens (tertiary/aromatic N) is 4. The molecule has 152 valence electrons. The molecule has 1 aromatic carbocycles. The smallest absolute Gasteiger partial charge is 0.251 e. The van der Waals surface area contributed by atoms with Gasteiger partial charge in [0.25, 0.3) is 5.91 Å². The summed E-state index contributed by atoms with van der Waals surface area (Å²) in [7, 11) is 0. The topological polar surface area (TPSA) is 106 Å². The van der Waals surface area contributed by atoms with Gasteiger partial charge in [0.05, 0.1) is 23.5 Å². The number of aromatic nitrogens is 5. The number of nitrogens with one attached hydrogen (secondary N) is 2. The number of carbonyl (C=O) groups excluding carboxylic acids is 1. The maximum absolute atomic E-state index is 12.6. The highest BCUT2D eigenvalue weighted by Crippen LogP contribution is 2.30. The first-order valence-electron chi connectivity index (χ1n) is 9.78. The van der Waals surface area contributed by atoms with Crippen molar-refractivity contribution in [3.8, 4) is 17.0 Å². The number of pyridine rings is 2. The van der Waals surface area contributed by atoms with Gasteiger partial charge in [-0.15, -0.1) is 5.10 Å². The Bertz CT molecular complexity index is 1160. The van der Waals surface area contributed by atoms with E-state index in [2.05, 4.69) is 25.7 Å². The Hall–Kier alpha value is -3.81. The molecular formula is C22H22N6O2. The zero-order chi connectivity index (χ0) is 20.9. The van der Waals surface area contributed by atoms with Crippen molar-refractivity contribution in [1.82, 2.24) is 30.7 Å². The standard InChI is InChI=1S/C22H22N6O2/c1-3-30-21-11-19(16-5-4-14(2)24-12-16)26-20-10-15(6-7-18(20)21)22(29)23-9-8-17-13-25-28-27-17/h4-7,10-13H,3,8-9H2,1-2H3,(H,23,29)(H,25,27,28). The highest BCUT2D eigenvalue weighted by molar-refractivity contribution is 5.99. The number of aromatic amines is 1. The molecule has 0 unspecified atom stereocenters. The van der Waals surface area contributed by atoms with Crippen molar-refractivity contribution in [2.45, 2.75) is 20.3 Å². The number of hydrogen-bond donors (Lipinski definition) is 2. The van der Waals surface area contributed by atoms with Gasteiger partial charge in [0.2, 0.25) is 0 Å². The summed E-state index contributed by atoms with van der Waals surface area (Å²) in [6.45, 7) is 4.89. The Balaban J connectivity index is 1.62. The molecule has 0 bridgehead atoms. The number of amides is 1. The molecule has 3 aromatic heterocycles. The summed E-state index contributed by atoms with van der Waals surface area (Å²) in [5, 5.41) is 14.0. The van der Waals surface area contributed by atoms with Crippen molar-refractivity contribution in [1.29, 1.82) is 0 Å². The fourth-order valence-corrected chi connectivity index (χ4v) is 3.13. The third-order valence-electron chi connectivity index (χ3n) is 4.68. The molecule has 0 radical (unpaired) electrons. The van der Waals surface area contributed by atoms with Gasteiger partial charge in [-0.2, -0.15) is 0 Å². The van der Waals surface area contributed by atoms with Crippen LogP contribution in [0.15, 0.2) is 48.8 Å². The summed E-state index contributed by atoms with van der Waals surface area (Å²) in [6.07, 6.45) is 4.11. The SMILES string of the molecule is CCOc1cc(-c2ccc(C)nc2)nc2cc(C(=O)NCCc3c[nH]nn3)ccc12. The first kappa shape index (κ1) is 19.5. The van der Waals surface area contributed by atoms with Crippen LogP contribution in [-0.2, 0) is 6.42 Å². The van der Waals surface area contributed by atoms with Crippen molar-refractivity contribution >= 4 is 16.8 Å². The monoisotopic (exact) mass is 402 g/mol. The van der Waals surface area contributed by atoms with Gasteiger partial charge in [-0.05, 0) is 44.2 Å². The summed E-state index contributed by atoms with van der Waals surface area (Å²) in [6, 6.07) is 11.3. The van der Waals surface area contributed by atoms with Gasteiger partial charge in [0.15, 0.2) is 0 Å². The maximum atomic E-state index is 12.6. The lowest BCUT2D eigenvalue weighted by atomic mass is 10.1. The third kappa shape index (κ3) is 4.27. The van der Waals surface area contributed by atoms with Gasteiger partial charge in [0.1, 0.15) is 5.75 Å². The average molecular weight is 402 g/mol. The molecule has 0 aliphatic rings. The van der Waals surface area contributed by atoms with E-state index >= 15 is 0 Å². The van der Waals surface area contributed by atoms with Gasteiger partial charge in [-0.1, -0.05) is 5.21 Å². The molecule has 0 aliphatic heterocycles. The van der Waals surface area contributed by atoms with Gasteiger partial charge in [-0.25, -0.2) is 4.98 Å². The molecule has 3 heterocycles. The van der Waals surface area contributed by atoms with E-state index in [0.717, 1.165) is 33.8 Å². The lowest BCUT2D eigenvalue weighted by molar-refractivity contribution is 0.0954. The molecule has 0 spiro atoms. The van der Waals surface area contributed by atoms with E-state index in [-0.39, 0.29) is 5.91 Å². The Morgan fingerprint density at radius 3 is 2.83 bits per heavy atom. The predicted molar refractivity (Wildman–Crippen MR) is 113 cm³/mol. The van der Waals surface area contributed by atoms with Gasteiger partial charge in [0, 0.05) is 53.6 Å². The second-order valence-corrected chi connectivity index (χ2v) is 6.83. The molecule has 0 fully saturated rings. The number of H-pyrrole nitrogens is 1. The van der Waals surface area contributed by atoms with E-state index in [1.54, 1.807) is 24.5 Å². The Morgan fingerprint density at radius 1 is 1.20 bits per heavy atom. The van der Waals surface area contributed by atoms with Crippen LogP contribution in [0.2, 0.25) is 0 Å². The maximum Gasteiger partial charge on any atom is 0.251 e. The second kappa shape index (κ2) is 8.69.